The smallest absolute Gasteiger partial charge is 0.408 e. The van der Waals surface area contributed by atoms with Crippen LogP contribution in [-0.4, -0.2) is 52.9 Å². The van der Waals surface area contributed by atoms with Gasteiger partial charge in [0.05, 0.1) is 23.7 Å². The largest absolute Gasteiger partial charge is 0.465 e. The third kappa shape index (κ3) is 4.17. The molecule has 9 nitrogen and oxygen atoms in total. The van der Waals surface area contributed by atoms with Gasteiger partial charge in [-0.2, -0.15) is 0 Å². The number of hydrogen-bond donors (Lipinski definition) is 3. The van der Waals surface area contributed by atoms with Gasteiger partial charge in [0.25, 0.3) is 0 Å². The van der Waals surface area contributed by atoms with E-state index in [0.29, 0.717) is 17.6 Å². The van der Waals surface area contributed by atoms with E-state index in [0.717, 1.165) is 41.5 Å². The molecule has 0 bridgehead atoms. The van der Waals surface area contributed by atoms with E-state index in [2.05, 4.69) is 15.0 Å². The molecule has 2 aliphatic rings. The van der Waals surface area contributed by atoms with Crippen molar-refractivity contribution in [3.8, 4) is 0 Å². The number of aliphatic hydroxyl groups excluding tert-OH is 1. The molecule has 39 heavy (non-hydrogen) atoms. The number of aromatic nitrogens is 4. The predicted octanol–water partition coefficient (Wildman–Crippen LogP) is 4.30. The number of rotatable bonds is 3. The molecule has 1 saturated heterocycles. The average molecular weight is 536 g/mol. The molecule has 3 unspecified atom stereocenters. The number of hydrogen-bond acceptors (Lipinski definition) is 5. The maximum Gasteiger partial charge on any atom is 0.408 e. The zero-order valence-corrected chi connectivity index (χ0v) is 20.9. The second kappa shape index (κ2) is 9.88. The molecule has 0 radical (unpaired) electrons. The molecule has 0 spiro atoms. The molecular weight excluding hydrogens is 508 g/mol. The number of nitrogens with zero attached hydrogens (tertiary/aromatic N) is 4. The molecule has 3 N–H and O–H groups in total. The first kappa shape index (κ1) is 25.2. The summed E-state index contributed by atoms with van der Waals surface area (Å²) in [7, 11) is 0. The molecule has 5 atom stereocenters. The van der Waals surface area contributed by atoms with Crippen molar-refractivity contribution in [1.29, 1.82) is 0 Å². The number of imidazole rings is 1. The summed E-state index contributed by atoms with van der Waals surface area (Å²) in [6.45, 7) is 0. The van der Waals surface area contributed by atoms with Crippen molar-refractivity contribution < 1.29 is 23.8 Å². The molecule has 1 aromatic carbocycles. The molecule has 1 aliphatic carbocycles. The highest BCUT2D eigenvalue weighted by molar-refractivity contribution is 5.71. The van der Waals surface area contributed by atoms with Gasteiger partial charge in [0, 0.05) is 35.6 Å². The van der Waals surface area contributed by atoms with Crippen LogP contribution in [0, 0.1) is 11.6 Å². The number of aliphatic hydroxyl groups is 1. The Bertz CT molecular complexity index is 1600. The van der Waals surface area contributed by atoms with Crippen molar-refractivity contribution >= 4 is 17.3 Å². The summed E-state index contributed by atoms with van der Waals surface area (Å²) in [6.07, 6.45) is 3.42. The molecule has 3 aromatic heterocycles. The number of H-pyrrole nitrogens is 1. The standard InChI is InChI=1S/C28H27F2N5O4/c29-18-10-3-9-17(22(18)30)24-25(36)21(34-19-11-5-13-32-26(19)33-27(34)37)14-20(35(24)28(38)39)16-8-2-1-6-15-7-4-12-31-23(15)16/h3-5,7,9-13,16,20-21,24-25,36H,1-2,6,8,14H2,(H,38,39)(H,32,33,37)/t16?,20?,21?,24-,25+/m1/s1. The van der Waals surface area contributed by atoms with Gasteiger partial charge >= 0.3 is 11.8 Å². The molecular formula is C28H27F2N5O4. The van der Waals surface area contributed by atoms with Crippen molar-refractivity contribution in [2.45, 2.75) is 62.3 Å². The number of pyridine rings is 2. The Balaban J connectivity index is 1.57. The van der Waals surface area contributed by atoms with Gasteiger partial charge in [0.1, 0.15) is 0 Å². The summed E-state index contributed by atoms with van der Waals surface area (Å²) in [5, 5.41) is 22.2. The first-order chi connectivity index (χ1) is 18.9. The van der Waals surface area contributed by atoms with E-state index in [9.17, 15) is 24.2 Å². The minimum absolute atomic E-state index is 0.0589. The quantitative estimate of drug-likeness (QED) is 0.336. The molecule has 4 aromatic rings. The monoisotopic (exact) mass is 535 g/mol. The summed E-state index contributed by atoms with van der Waals surface area (Å²) < 4.78 is 31.1. The fourth-order valence-corrected chi connectivity index (χ4v) is 6.52. The number of likely N-dealkylation sites (tertiary alicyclic amines) is 1. The third-order valence-corrected chi connectivity index (χ3v) is 8.15. The normalized spacial score (nSPS) is 25.3. The lowest BCUT2D eigenvalue weighted by Gasteiger charge is -2.49. The number of carboxylic acid groups (broad SMARTS) is 1. The zero-order chi connectivity index (χ0) is 27.3. The average Bonchev–Trinajstić information content (AvgIpc) is 3.11. The number of benzene rings is 1. The van der Waals surface area contributed by atoms with Crippen LogP contribution in [-0.2, 0) is 6.42 Å². The maximum atomic E-state index is 15.3. The Labute approximate surface area is 221 Å². The molecule has 1 amide bonds. The van der Waals surface area contributed by atoms with Crippen molar-refractivity contribution in [2.24, 2.45) is 0 Å². The number of fused-ring (bicyclic) bond motifs is 2. The number of piperidine rings is 1. The van der Waals surface area contributed by atoms with Crippen LogP contribution in [0.4, 0.5) is 13.6 Å². The number of aryl methyl sites for hydroxylation is 1. The minimum Gasteiger partial charge on any atom is -0.465 e. The van der Waals surface area contributed by atoms with Gasteiger partial charge in [-0.05, 0) is 55.5 Å². The van der Waals surface area contributed by atoms with Crippen molar-refractivity contribution in [1.82, 2.24) is 24.4 Å². The van der Waals surface area contributed by atoms with Crippen LogP contribution in [0.2, 0.25) is 0 Å². The number of nitrogens with one attached hydrogen (secondary N) is 1. The summed E-state index contributed by atoms with van der Waals surface area (Å²) in [5.41, 5.74) is 1.67. The van der Waals surface area contributed by atoms with Gasteiger partial charge in [-0.3, -0.25) is 19.4 Å². The van der Waals surface area contributed by atoms with Crippen LogP contribution in [0.25, 0.3) is 11.2 Å². The molecule has 11 heteroatoms. The van der Waals surface area contributed by atoms with E-state index in [1.54, 1.807) is 18.3 Å². The molecule has 202 valence electrons. The van der Waals surface area contributed by atoms with E-state index < -0.39 is 47.6 Å². The lowest BCUT2D eigenvalue weighted by Crippen LogP contribution is -2.57. The van der Waals surface area contributed by atoms with E-state index in [1.165, 1.54) is 22.9 Å². The summed E-state index contributed by atoms with van der Waals surface area (Å²) in [4.78, 5) is 38.6. The lowest BCUT2D eigenvalue weighted by atomic mass is 9.77. The van der Waals surface area contributed by atoms with Crippen molar-refractivity contribution in [2.75, 3.05) is 0 Å². The van der Waals surface area contributed by atoms with Gasteiger partial charge in [0.15, 0.2) is 17.3 Å². The maximum absolute atomic E-state index is 15.3. The second-order valence-corrected chi connectivity index (χ2v) is 10.2. The summed E-state index contributed by atoms with van der Waals surface area (Å²) in [5.74, 6) is -2.77. The number of amides is 1. The minimum atomic E-state index is -1.57. The topological polar surface area (TPSA) is 124 Å². The Hall–Kier alpha value is -4.12. The van der Waals surface area contributed by atoms with Gasteiger partial charge in [-0.15, -0.1) is 0 Å². The van der Waals surface area contributed by atoms with Crippen LogP contribution in [0.5, 0.6) is 0 Å². The van der Waals surface area contributed by atoms with E-state index in [1.807, 2.05) is 12.1 Å². The molecule has 1 fully saturated rings. The van der Waals surface area contributed by atoms with E-state index >= 15 is 4.39 Å². The second-order valence-electron chi connectivity index (χ2n) is 10.2. The highest BCUT2D eigenvalue weighted by Gasteiger charge is 2.51. The lowest BCUT2D eigenvalue weighted by molar-refractivity contribution is -0.0530. The van der Waals surface area contributed by atoms with Crippen LogP contribution < -0.4 is 5.69 Å². The summed E-state index contributed by atoms with van der Waals surface area (Å²) in [6, 6.07) is 7.41. The highest BCUT2D eigenvalue weighted by Crippen LogP contribution is 2.47. The third-order valence-electron chi connectivity index (χ3n) is 8.15. The molecule has 1 aliphatic heterocycles. The van der Waals surface area contributed by atoms with Gasteiger partial charge in [-0.25, -0.2) is 23.4 Å². The number of halogens is 2. The highest BCUT2D eigenvalue weighted by atomic mass is 19.2. The van der Waals surface area contributed by atoms with E-state index in [-0.39, 0.29) is 17.9 Å². The first-order valence-corrected chi connectivity index (χ1v) is 13.0. The Morgan fingerprint density at radius 2 is 1.82 bits per heavy atom. The van der Waals surface area contributed by atoms with Crippen LogP contribution in [0.1, 0.15) is 60.5 Å². The Morgan fingerprint density at radius 3 is 2.64 bits per heavy atom. The molecule has 6 rings (SSSR count). The zero-order valence-electron chi connectivity index (χ0n) is 20.9. The molecule has 4 heterocycles. The van der Waals surface area contributed by atoms with E-state index in [4.69, 9.17) is 0 Å². The fraction of sp³-hybridized carbons (Fsp3) is 0.357. The van der Waals surface area contributed by atoms with Crippen LogP contribution in [0.3, 0.4) is 0 Å². The van der Waals surface area contributed by atoms with Crippen molar-refractivity contribution in [3.63, 3.8) is 0 Å². The SMILES string of the molecule is O=C(O)N1C(C2CCCCc3cccnc32)CC(n2c(=O)[nH]c3ncccc32)[C@H](O)[C@H]1c1cccc(F)c1F. The predicted molar refractivity (Wildman–Crippen MR) is 137 cm³/mol. The fourth-order valence-electron chi connectivity index (χ4n) is 6.52. The first-order valence-electron chi connectivity index (χ1n) is 13.0. The molecule has 0 saturated carbocycles. The Kier molecular flexibility index (Phi) is 6.38. The summed E-state index contributed by atoms with van der Waals surface area (Å²) >= 11 is 0. The number of carbonyl (C=O) groups is 1. The van der Waals surface area contributed by atoms with Gasteiger partial charge in [-0.1, -0.05) is 24.6 Å². The Morgan fingerprint density at radius 1 is 1.03 bits per heavy atom. The van der Waals surface area contributed by atoms with Gasteiger partial charge < -0.3 is 10.2 Å². The van der Waals surface area contributed by atoms with Crippen LogP contribution in [0.15, 0.2) is 59.7 Å². The van der Waals surface area contributed by atoms with Crippen LogP contribution >= 0.6 is 0 Å². The van der Waals surface area contributed by atoms with Crippen molar-refractivity contribution in [3.05, 3.63) is 93.8 Å². The van der Waals surface area contributed by atoms with Gasteiger partial charge in [0.2, 0.25) is 0 Å². The number of aromatic amines is 1.